The summed E-state index contributed by atoms with van der Waals surface area (Å²) in [5.74, 6) is 0.0743. The summed E-state index contributed by atoms with van der Waals surface area (Å²) in [4.78, 5) is 24.1. The van der Waals surface area contributed by atoms with Crippen LogP contribution in [0.5, 0.6) is 0 Å². The number of halogens is 1. The molecule has 6 heteroatoms. The Kier molecular flexibility index (Phi) is 6.58. The van der Waals surface area contributed by atoms with Crippen LogP contribution in [0.1, 0.15) is 29.2 Å². The van der Waals surface area contributed by atoms with Crippen LogP contribution in [0.15, 0.2) is 54.6 Å². The molecule has 0 aliphatic carbocycles. The quantitative estimate of drug-likeness (QED) is 0.795. The predicted octanol–water partition coefficient (Wildman–Crippen LogP) is 3.56. The van der Waals surface area contributed by atoms with Gasteiger partial charge in [-0.2, -0.15) is 0 Å². The van der Waals surface area contributed by atoms with Gasteiger partial charge in [0, 0.05) is 11.6 Å². The van der Waals surface area contributed by atoms with Crippen molar-refractivity contribution in [1.82, 2.24) is 10.6 Å². The van der Waals surface area contributed by atoms with E-state index in [1.54, 1.807) is 11.8 Å². The minimum Gasteiger partial charge on any atom is -0.354 e. The van der Waals surface area contributed by atoms with Crippen LogP contribution in [0, 0.1) is 0 Å². The number of nitrogens with one attached hydrogen (secondary N) is 2. The van der Waals surface area contributed by atoms with Crippen molar-refractivity contribution in [3.63, 3.8) is 0 Å². The zero-order valence-corrected chi connectivity index (χ0v) is 15.9. The Morgan fingerprint density at radius 2 is 1.85 bits per heavy atom. The lowest BCUT2D eigenvalue weighted by molar-refractivity contribution is -0.129. The second-order valence-corrected chi connectivity index (χ2v) is 7.74. The average Bonchev–Trinajstić information content (AvgIpc) is 2.66. The third-order valence-electron chi connectivity index (χ3n) is 4.28. The average molecular weight is 389 g/mol. The van der Waals surface area contributed by atoms with Crippen molar-refractivity contribution in [3.05, 3.63) is 70.7 Å². The van der Waals surface area contributed by atoms with Crippen LogP contribution in [-0.4, -0.2) is 30.2 Å². The molecule has 1 aliphatic rings. The van der Waals surface area contributed by atoms with Crippen molar-refractivity contribution >= 4 is 35.2 Å². The Hall–Kier alpha value is -1.98. The van der Waals surface area contributed by atoms with Crippen LogP contribution in [0.25, 0.3) is 0 Å². The molecule has 2 atom stereocenters. The Balaban J connectivity index is 1.67. The molecule has 3 rings (SSSR count). The van der Waals surface area contributed by atoms with Gasteiger partial charge in [0.2, 0.25) is 11.8 Å². The van der Waals surface area contributed by atoms with Gasteiger partial charge in [0.25, 0.3) is 0 Å². The lowest BCUT2D eigenvalue weighted by atomic mass is 10.0. The molecular formula is C20H21ClN2O2S. The molecule has 0 saturated carbocycles. The number of benzene rings is 2. The van der Waals surface area contributed by atoms with Crippen molar-refractivity contribution in [2.75, 3.05) is 12.3 Å². The van der Waals surface area contributed by atoms with Crippen LogP contribution in [0.2, 0.25) is 5.02 Å². The van der Waals surface area contributed by atoms with Gasteiger partial charge >= 0.3 is 0 Å². The first-order valence-corrected chi connectivity index (χ1v) is 10.1. The van der Waals surface area contributed by atoms with Crippen molar-refractivity contribution in [1.29, 1.82) is 0 Å². The second kappa shape index (κ2) is 9.10. The molecular weight excluding hydrogens is 368 g/mol. The summed E-state index contributed by atoms with van der Waals surface area (Å²) in [6, 6.07) is 17.3. The van der Waals surface area contributed by atoms with E-state index in [-0.39, 0.29) is 22.8 Å². The van der Waals surface area contributed by atoms with E-state index in [1.165, 1.54) is 0 Å². The highest BCUT2D eigenvalue weighted by Gasteiger charge is 2.24. The highest BCUT2D eigenvalue weighted by molar-refractivity contribution is 8.00. The van der Waals surface area contributed by atoms with Gasteiger partial charge < -0.3 is 10.6 Å². The molecule has 2 aromatic carbocycles. The summed E-state index contributed by atoms with van der Waals surface area (Å²) >= 11 is 7.55. The fraction of sp³-hybridized carbons (Fsp3) is 0.300. The number of amides is 2. The molecule has 0 bridgehead atoms. The monoisotopic (exact) mass is 388 g/mol. The van der Waals surface area contributed by atoms with Gasteiger partial charge in [0.15, 0.2) is 0 Å². The number of rotatable bonds is 6. The van der Waals surface area contributed by atoms with Gasteiger partial charge in [-0.05, 0) is 36.1 Å². The van der Waals surface area contributed by atoms with Gasteiger partial charge in [-0.15, -0.1) is 11.8 Å². The van der Waals surface area contributed by atoms with E-state index in [0.717, 1.165) is 17.5 Å². The summed E-state index contributed by atoms with van der Waals surface area (Å²) < 4.78 is 0. The van der Waals surface area contributed by atoms with Gasteiger partial charge in [0.1, 0.15) is 6.04 Å². The maximum absolute atomic E-state index is 12.3. The molecule has 1 saturated heterocycles. The van der Waals surface area contributed by atoms with Gasteiger partial charge in [-0.3, -0.25) is 9.59 Å². The van der Waals surface area contributed by atoms with Gasteiger partial charge in [-0.25, -0.2) is 0 Å². The Labute approximate surface area is 162 Å². The van der Waals surface area contributed by atoms with Crippen LogP contribution in [0.3, 0.4) is 0 Å². The maximum Gasteiger partial charge on any atom is 0.242 e. The van der Waals surface area contributed by atoms with Crippen LogP contribution < -0.4 is 10.6 Å². The molecule has 0 radical (unpaired) electrons. The van der Waals surface area contributed by atoms with Crippen molar-refractivity contribution in [3.8, 4) is 0 Å². The first-order valence-electron chi connectivity index (χ1n) is 8.62. The van der Waals surface area contributed by atoms with Crippen LogP contribution in [0.4, 0.5) is 0 Å². The molecule has 1 fully saturated rings. The topological polar surface area (TPSA) is 58.2 Å². The first kappa shape index (κ1) is 18.8. The van der Waals surface area contributed by atoms with Crippen molar-refractivity contribution < 1.29 is 9.59 Å². The Bertz CT molecular complexity index is 752. The van der Waals surface area contributed by atoms with E-state index < -0.39 is 6.04 Å². The Morgan fingerprint density at radius 1 is 1.15 bits per heavy atom. The summed E-state index contributed by atoms with van der Waals surface area (Å²) in [5, 5.41) is 6.34. The second-order valence-electron chi connectivity index (χ2n) is 6.21. The molecule has 136 valence electrons. The SMILES string of the molecule is O=C(CS[C@@H](c1ccccc1)c1ccc(Cl)cc1)N[C@H]1CCCNC1=O. The van der Waals surface area contributed by atoms with E-state index in [1.807, 2.05) is 42.5 Å². The molecule has 2 N–H and O–H groups in total. The molecule has 26 heavy (non-hydrogen) atoms. The van der Waals surface area contributed by atoms with Gasteiger partial charge in [0.05, 0.1) is 11.0 Å². The largest absolute Gasteiger partial charge is 0.354 e. The third kappa shape index (κ3) is 5.02. The normalized spacial score (nSPS) is 18.0. The maximum atomic E-state index is 12.3. The molecule has 0 spiro atoms. The summed E-state index contributed by atoms with van der Waals surface area (Å²) in [7, 11) is 0. The molecule has 2 aromatic rings. The van der Waals surface area contributed by atoms with Gasteiger partial charge in [-0.1, -0.05) is 54.1 Å². The van der Waals surface area contributed by atoms with Crippen LogP contribution in [-0.2, 0) is 9.59 Å². The lowest BCUT2D eigenvalue weighted by Crippen LogP contribution is -2.50. The standard InChI is InChI=1S/C20H21ClN2O2S/c21-16-10-8-15(9-11-16)19(14-5-2-1-3-6-14)26-13-18(24)23-17-7-4-12-22-20(17)25/h1-3,5-6,8-11,17,19H,4,7,12-13H2,(H,22,25)(H,23,24)/t17-,19-/m0/s1. The number of thioether (sulfide) groups is 1. The number of carbonyl (C=O) groups is 2. The third-order valence-corrected chi connectivity index (χ3v) is 5.84. The Morgan fingerprint density at radius 3 is 2.54 bits per heavy atom. The fourth-order valence-electron chi connectivity index (χ4n) is 2.96. The number of hydrogen-bond acceptors (Lipinski definition) is 3. The summed E-state index contributed by atoms with van der Waals surface area (Å²) in [6.07, 6.45) is 1.59. The number of carbonyl (C=O) groups excluding carboxylic acids is 2. The highest BCUT2D eigenvalue weighted by atomic mass is 35.5. The minimum absolute atomic E-state index is 0.0272. The summed E-state index contributed by atoms with van der Waals surface area (Å²) in [6.45, 7) is 0.687. The van der Waals surface area contributed by atoms with Crippen LogP contribution >= 0.6 is 23.4 Å². The predicted molar refractivity (Wildman–Crippen MR) is 106 cm³/mol. The van der Waals surface area contributed by atoms with Crippen molar-refractivity contribution in [2.45, 2.75) is 24.1 Å². The highest BCUT2D eigenvalue weighted by Crippen LogP contribution is 2.35. The molecule has 0 unspecified atom stereocenters. The summed E-state index contributed by atoms with van der Waals surface area (Å²) in [5.41, 5.74) is 2.22. The molecule has 0 aromatic heterocycles. The molecule has 4 nitrogen and oxygen atoms in total. The van der Waals surface area contributed by atoms with Crippen molar-refractivity contribution in [2.24, 2.45) is 0 Å². The molecule has 1 aliphatic heterocycles. The van der Waals surface area contributed by atoms with E-state index >= 15 is 0 Å². The lowest BCUT2D eigenvalue weighted by Gasteiger charge is -2.23. The fourth-order valence-corrected chi connectivity index (χ4v) is 4.18. The molecule has 2 amide bonds. The van der Waals surface area contributed by atoms with E-state index in [2.05, 4.69) is 22.8 Å². The van der Waals surface area contributed by atoms with E-state index in [0.29, 0.717) is 18.0 Å². The number of hydrogen-bond donors (Lipinski definition) is 2. The number of piperidine rings is 1. The van der Waals surface area contributed by atoms with E-state index in [4.69, 9.17) is 11.6 Å². The first-order chi connectivity index (χ1) is 12.6. The zero-order valence-electron chi connectivity index (χ0n) is 14.3. The zero-order chi connectivity index (χ0) is 18.4. The molecule has 1 heterocycles. The van der Waals surface area contributed by atoms with E-state index in [9.17, 15) is 9.59 Å². The smallest absolute Gasteiger partial charge is 0.242 e. The minimum atomic E-state index is -0.414.